The molecule has 9 nitrogen and oxygen atoms in total. The van der Waals surface area contributed by atoms with Gasteiger partial charge in [-0.1, -0.05) is 48.0 Å². The minimum Gasteiger partial charge on any atom is -0.492 e. The van der Waals surface area contributed by atoms with Crippen molar-refractivity contribution < 1.29 is 38.4 Å². The SMILES string of the molecule is Cc1cc(C)c(/C(C(=O)O)=C(\OCc2ccccc2)C2CCC(OC3CCN(CCOCCOCC(=O)OC(C)(C)C)CC3)CC2)c(C)c1. The topological polar surface area (TPSA) is 104 Å². The number of benzene rings is 2. The fraction of sp³-hybridized carbons (Fsp3) is 0.600. The number of carbonyl (C=O) groups excluding carboxylic acids is 1. The summed E-state index contributed by atoms with van der Waals surface area (Å²) < 4.78 is 29.4. The number of allylic oxidation sites excluding steroid dienone is 1. The van der Waals surface area contributed by atoms with Crippen LogP contribution in [0.2, 0.25) is 0 Å². The van der Waals surface area contributed by atoms with Gasteiger partial charge in [-0.25, -0.2) is 9.59 Å². The van der Waals surface area contributed by atoms with Crippen molar-refractivity contribution in [3.63, 3.8) is 0 Å². The third kappa shape index (κ3) is 12.5. The van der Waals surface area contributed by atoms with E-state index >= 15 is 0 Å². The molecule has 9 heteroatoms. The molecular weight excluding hydrogens is 622 g/mol. The highest BCUT2D eigenvalue weighted by Gasteiger charge is 2.33. The van der Waals surface area contributed by atoms with Gasteiger partial charge in [0.2, 0.25) is 0 Å². The van der Waals surface area contributed by atoms with Crippen LogP contribution in [-0.2, 0) is 39.9 Å². The van der Waals surface area contributed by atoms with Crippen molar-refractivity contribution in [2.75, 3.05) is 46.1 Å². The van der Waals surface area contributed by atoms with E-state index in [0.29, 0.717) is 37.8 Å². The van der Waals surface area contributed by atoms with Crippen LogP contribution in [0.1, 0.15) is 87.1 Å². The first kappa shape index (κ1) is 38.6. The second-order valence-corrected chi connectivity index (χ2v) is 14.5. The van der Waals surface area contributed by atoms with Crippen molar-refractivity contribution in [3.05, 3.63) is 76.0 Å². The maximum absolute atomic E-state index is 12.9. The molecule has 270 valence electrons. The zero-order chi connectivity index (χ0) is 35.4. The number of aryl methyl sites for hydroxylation is 3. The van der Waals surface area contributed by atoms with Crippen molar-refractivity contribution in [1.29, 1.82) is 0 Å². The van der Waals surface area contributed by atoms with Crippen LogP contribution in [0.3, 0.4) is 0 Å². The summed E-state index contributed by atoms with van der Waals surface area (Å²) in [6.07, 6.45) is 5.79. The number of ether oxygens (including phenoxy) is 5. The summed E-state index contributed by atoms with van der Waals surface area (Å²) in [6.45, 7) is 16.0. The van der Waals surface area contributed by atoms with E-state index in [9.17, 15) is 14.7 Å². The highest BCUT2D eigenvalue weighted by molar-refractivity contribution is 6.17. The number of rotatable bonds is 16. The van der Waals surface area contributed by atoms with E-state index in [0.717, 1.165) is 86.0 Å². The lowest BCUT2D eigenvalue weighted by atomic mass is 9.82. The second-order valence-electron chi connectivity index (χ2n) is 14.5. The first-order valence-corrected chi connectivity index (χ1v) is 17.9. The van der Waals surface area contributed by atoms with E-state index in [4.69, 9.17) is 23.7 Å². The zero-order valence-electron chi connectivity index (χ0n) is 30.4. The van der Waals surface area contributed by atoms with Gasteiger partial charge in [0.1, 0.15) is 30.1 Å². The van der Waals surface area contributed by atoms with Gasteiger partial charge in [0, 0.05) is 25.6 Å². The predicted octanol–water partition coefficient (Wildman–Crippen LogP) is 7.04. The Morgan fingerprint density at radius 3 is 2.06 bits per heavy atom. The molecule has 1 saturated carbocycles. The van der Waals surface area contributed by atoms with Gasteiger partial charge in [-0.3, -0.25) is 0 Å². The molecule has 0 radical (unpaired) electrons. The largest absolute Gasteiger partial charge is 0.492 e. The number of piperidine rings is 1. The van der Waals surface area contributed by atoms with Crippen LogP contribution in [0.15, 0.2) is 48.2 Å². The molecule has 1 saturated heterocycles. The number of hydrogen-bond donors (Lipinski definition) is 1. The summed E-state index contributed by atoms with van der Waals surface area (Å²) in [6, 6.07) is 14.0. The van der Waals surface area contributed by atoms with Crippen LogP contribution in [-0.4, -0.2) is 85.8 Å². The molecule has 2 fully saturated rings. The monoisotopic (exact) mass is 679 g/mol. The van der Waals surface area contributed by atoms with Gasteiger partial charge in [-0.15, -0.1) is 0 Å². The second kappa shape index (κ2) is 18.7. The van der Waals surface area contributed by atoms with Gasteiger partial charge in [0.15, 0.2) is 0 Å². The average molecular weight is 680 g/mol. The maximum Gasteiger partial charge on any atom is 0.339 e. The van der Waals surface area contributed by atoms with Crippen molar-refractivity contribution >= 4 is 17.5 Å². The first-order valence-electron chi connectivity index (χ1n) is 17.9. The van der Waals surface area contributed by atoms with E-state index in [1.165, 1.54) is 0 Å². The number of nitrogens with zero attached hydrogens (tertiary/aromatic N) is 1. The normalized spacial score (nSPS) is 19.7. The maximum atomic E-state index is 12.9. The lowest BCUT2D eigenvalue weighted by Gasteiger charge is -2.36. The Morgan fingerprint density at radius 1 is 0.837 bits per heavy atom. The lowest BCUT2D eigenvalue weighted by Crippen LogP contribution is -2.40. The fourth-order valence-electron chi connectivity index (χ4n) is 6.98. The fourth-order valence-corrected chi connectivity index (χ4v) is 6.98. The van der Waals surface area contributed by atoms with E-state index in [1.54, 1.807) is 0 Å². The quantitative estimate of drug-likeness (QED) is 0.0866. The Labute approximate surface area is 292 Å². The molecule has 2 aliphatic rings. The van der Waals surface area contributed by atoms with Crippen LogP contribution in [0.25, 0.3) is 5.57 Å². The molecule has 1 aliphatic heterocycles. The Balaban J connectivity index is 1.24. The number of aliphatic carboxylic acids is 1. The molecule has 1 aliphatic carbocycles. The summed E-state index contributed by atoms with van der Waals surface area (Å²) in [4.78, 5) is 27.0. The molecule has 0 aromatic heterocycles. The van der Waals surface area contributed by atoms with Crippen LogP contribution in [0.5, 0.6) is 0 Å². The average Bonchev–Trinajstić information content (AvgIpc) is 3.04. The van der Waals surface area contributed by atoms with Gasteiger partial charge >= 0.3 is 11.9 Å². The molecule has 0 bridgehead atoms. The van der Waals surface area contributed by atoms with Crippen molar-refractivity contribution in [1.82, 2.24) is 4.90 Å². The lowest BCUT2D eigenvalue weighted by molar-refractivity contribution is -0.160. The Kier molecular flexibility index (Phi) is 14.7. The van der Waals surface area contributed by atoms with Crippen LogP contribution < -0.4 is 0 Å². The van der Waals surface area contributed by atoms with Crippen LogP contribution in [0.4, 0.5) is 0 Å². The first-order chi connectivity index (χ1) is 23.4. The van der Waals surface area contributed by atoms with Gasteiger partial charge in [0.25, 0.3) is 0 Å². The molecular formula is C40H57NO8. The Morgan fingerprint density at radius 2 is 1.45 bits per heavy atom. The molecule has 2 aromatic carbocycles. The van der Waals surface area contributed by atoms with Gasteiger partial charge in [-0.05, 0) is 102 Å². The number of likely N-dealkylation sites (tertiary alicyclic amines) is 1. The van der Waals surface area contributed by atoms with Crippen LogP contribution >= 0.6 is 0 Å². The van der Waals surface area contributed by atoms with E-state index in [-0.39, 0.29) is 30.7 Å². The molecule has 0 atom stereocenters. The highest BCUT2D eigenvalue weighted by atomic mass is 16.6. The standard InChI is InChI=1S/C40H57NO8/c1-28-24-29(2)36(30(3)25-28)37(39(43)44)38(47-26-31-10-8-7-9-11-31)32-12-14-33(15-13-32)48-34-16-18-41(19-17-34)20-21-45-22-23-46-27-35(42)49-40(4,5)6/h7-11,24-25,32-34H,12-23,26-27H2,1-6H3,(H,43,44)/b38-37+. The molecule has 0 unspecified atom stereocenters. The number of carbonyl (C=O) groups is 2. The van der Waals surface area contributed by atoms with Crippen molar-refractivity contribution in [2.24, 2.45) is 5.92 Å². The molecule has 1 N–H and O–H groups in total. The Bertz CT molecular complexity index is 1360. The molecule has 49 heavy (non-hydrogen) atoms. The number of hydrogen-bond acceptors (Lipinski definition) is 8. The summed E-state index contributed by atoms with van der Waals surface area (Å²) in [5, 5.41) is 10.6. The predicted molar refractivity (Wildman–Crippen MR) is 190 cm³/mol. The van der Waals surface area contributed by atoms with Crippen molar-refractivity contribution in [2.45, 2.75) is 104 Å². The Hall–Kier alpha value is -3.24. The minimum atomic E-state index is -0.944. The van der Waals surface area contributed by atoms with E-state index in [1.807, 2.05) is 71.9 Å². The third-order valence-corrected chi connectivity index (χ3v) is 9.15. The van der Waals surface area contributed by atoms with Gasteiger partial charge < -0.3 is 33.7 Å². The molecule has 2 aromatic rings. The molecule has 1 heterocycles. The summed E-state index contributed by atoms with van der Waals surface area (Å²) in [5.41, 5.74) is 4.59. The summed E-state index contributed by atoms with van der Waals surface area (Å²) >= 11 is 0. The molecule has 0 spiro atoms. The third-order valence-electron chi connectivity index (χ3n) is 9.15. The summed E-state index contributed by atoms with van der Waals surface area (Å²) in [5.74, 6) is -0.704. The molecule has 0 amide bonds. The number of carboxylic acid groups (broad SMARTS) is 1. The smallest absolute Gasteiger partial charge is 0.339 e. The van der Waals surface area contributed by atoms with Gasteiger partial charge in [-0.2, -0.15) is 0 Å². The number of esters is 1. The van der Waals surface area contributed by atoms with E-state index < -0.39 is 11.6 Å². The highest BCUT2D eigenvalue weighted by Crippen LogP contribution is 2.39. The van der Waals surface area contributed by atoms with E-state index in [2.05, 4.69) is 17.0 Å². The molecule has 4 rings (SSSR count). The van der Waals surface area contributed by atoms with Gasteiger partial charge in [0.05, 0.1) is 32.0 Å². The summed E-state index contributed by atoms with van der Waals surface area (Å²) in [7, 11) is 0. The minimum absolute atomic E-state index is 0.0133. The number of carboxylic acids is 1. The van der Waals surface area contributed by atoms with Crippen molar-refractivity contribution in [3.8, 4) is 0 Å². The zero-order valence-corrected chi connectivity index (χ0v) is 30.4. The van der Waals surface area contributed by atoms with Crippen LogP contribution in [0, 0.1) is 26.7 Å².